The molecule has 1 aliphatic carbocycles. The Labute approximate surface area is 187 Å². The summed E-state index contributed by atoms with van der Waals surface area (Å²) in [5.41, 5.74) is 2.49. The predicted molar refractivity (Wildman–Crippen MR) is 95.0 cm³/mol. The third-order valence-corrected chi connectivity index (χ3v) is 5.96. The largest absolute Gasteiger partial charge is 4.00 e. The minimum Gasteiger partial charge on any atom is -1.00 e. The number of rotatable bonds is 3. The van der Waals surface area contributed by atoms with E-state index in [1.807, 2.05) is 6.07 Å². The Kier molecular flexibility index (Phi) is 20.2. The van der Waals surface area contributed by atoms with E-state index in [-0.39, 0.29) is 67.7 Å². The molecule has 0 nitrogen and oxygen atoms in total. The maximum absolute atomic E-state index is 3.28. The van der Waals surface area contributed by atoms with Crippen LogP contribution in [0.5, 0.6) is 0 Å². The molecule has 0 aliphatic heterocycles. The van der Waals surface area contributed by atoms with Gasteiger partial charge in [0.05, 0.1) is 8.80 Å². The third kappa shape index (κ3) is 10.5. The molecule has 3 rings (SSSR count). The second-order valence-electron chi connectivity index (χ2n) is 5.06. The number of allylic oxidation sites excluding steroid dienone is 4. The standard InChI is InChI=1S/C11H9.C9H13Si.3ClH.Ti/c1-2-6-10(7-3-1)11-8-4-5-9-11;1-3-10(2)9-7-5-4-6-8-9;;;;/h1-4,6-8H,5H2;4-8H,3H2,1-2H3;3*1H;/q-1;;;;;+4/p-3. The van der Waals surface area contributed by atoms with Gasteiger partial charge in [0.15, 0.2) is 0 Å². The van der Waals surface area contributed by atoms with Gasteiger partial charge in [0.25, 0.3) is 0 Å². The van der Waals surface area contributed by atoms with Gasteiger partial charge < -0.3 is 37.2 Å². The molecule has 131 valence electrons. The minimum absolute atomic E-state index is 0. The molecule has 1 aliphatic rings. The van der Waals surface area contributed by atoms with Crippen LogP contribution in [0.1, 0.15) is 18.9 Å². The normalized spacial score (nSPS) is 10.8. The first-order valence-corrected chi connectivity index (χ1v) is 9.72. The van der Waals surface area contributed by atoms with Gasteiger partial charge in [-0.2, -0.15) is 17.7 Å². The molecule has 0 amide bonds. The zero-order chi connectivity index (χ0) is 14.9. The Morgan fingerprint density at radius 2 is 1.40 bits per heavy atom. The van der Waals surface area contributed by atoms with Gasteiger partial charge in [0.2, 0.25) is 0 Å². The van der Waals surface area contributed by atoms with Crippen LogP contribution >= 0.6 is 0 Å². The van der Waals surface area contributed by atoms with E-state index in [1.54, 1.807) is 5.19 Å². The first kappa shape index (κ1) is 29.5. The number of hydrogen-bond acceptors (Lipinski definition) is 0. The van der Waals surface area contributed by atoms with Gasteiger partial charge in [-0.05, 0) is 0 Å². The molecular formula is C20H22Cl3SiTi. The van der Waals surface area contributed by atoms with E-state index in [4.69, 9.17) is 0 Å². The van der Waals surface area contributed by atoms with Crippen molar-refractivity contribution in [3.8, 4) is 0 Å². The van der Waals surface area contributed by atoms with Crippen molar-refractivity contribution in [2.45, 2.75) is 25.9 Å². The molecule has 25 heavy (non-hydrogen) atoms. The Hall–Kier alpha value is -0.279. The molecule has 0 N–H and O–H groups in total. The molecule has 0 unspecified atom stereocenters. The summed E-state index contributed by atoms with van der Waals surface area (Å²) in [7, 11) is -0.207. The van der Waals surface area contributed by atoms with E-state index < -0.39 is 0 Å². The van der Waals surface area contributed by atoms with E-state index in [9.17, 15) is 0 Å². The molecule has 0 atom stereocenters. The zero-order valence-corrected chi connectivity index (χ0v) is 19.3. The fraction of sp³-hybridized carbons (Fsp3) is 0.200. The van der Waals surface area contributed by atoms with Crippen molar-refractivity contribution in [1.82, 2.24) is 0 Å². The van der Waals surface area contributed by atoms with Gasteiger partial charge in [0.1, 0.15) is 0 Å². The summed E-state index contributed by atoms with van der Waals surface area (Å²) in [4.78, 5) is 0. The Balaban J connectivity index is -0.000000335. The topological polar surface area (TPSA) is 0 Å². The summed E-state index contributed by atoms with van der Waals surface area (Å²) in [5.74, 6) is 0. The molecule has 0 fully saturated rings. The van der Waals surface area contributed by atoms with Crippen LogP contribution in [0.3, 0.4) is 0 Å². The van der Waals surface area contributed by atoms with Gasteiger partial charge >= 0.3 is 21.7 Å². The fourth-order valence-corrected chi connectivity index (χ4v) is 3.32. The molecule has 1 radical (unpaired) electrons. The molecule has 0 aromatic heterocycles. The molecule has 0 saturated carbocycles. The second kappa shape index (κ2) is 17.2. The van der Waals surface area contributed by atoms with Gasteiger partial charge in [-0.1, -0.05) is 79.7 Å². The molecule has 0 saturated heterocycles. The fourth-order valence-electron chi connectivity index (χ4n) is 2.15. The maximum Gasteiger partial charge on any atom is 4.00 e. The molecule has 0 heterocycles. The Morgan fingerprint density at radius 1 is 0.880 bits per heavy atom. The first-order chi connectivity index (χ1) is 10.3. The van der Waals surface area contributed by atoms with Crippen molar-refractivity contribution in [2.75, 3.05) is 0 Å². The summed E-state index contributed by atoms with van der Waals surface area (Å²) in [6.45, 7) is 4.63. The van der Waals surface area contributed by atoms with Crippen LogP contribution in [0.2, 0.25) is 12.6 Å². The quantitative estimate of drug-likeness (QED) is 0.333. The zero-order valence-electron chi connectivity index (χ0n) is 14.5. The van der Waals surface area contributed by atoms with Gasteiger partial charge in [-0.3, -0.25) is 0 Å². The molecular weight excluding hydrogens is 423 g/mol. The number of hydrogen-bond donors (Lipinski definition) is 0. The van der Waals surface area contributed by atoms with Gasteiger partial charge in [-0.25, -0.2) is 0 Å². The van der Waals surface area contributed by atoms with Crippen LogP contribution in [-0.2, 0) is 21.7 Å². The van der Waals surface area contributed by atoms with Crippen molar-refractivity contribution < 1.29 is 58.9 Å². The summed E-state index contributed by atoms with van der Waals surface area (Å²) < 4.78 is 0. The van der Waals surface area contributed by atoms with Crippen LogP contribution in [0, 0.1) is 6.08 Å². The van der Waals surface area contributed by atoms with Gasteiger partial charge in [-0.15, -0.1) is 23.8 Å². The van der Waals surface area contributed by atoms with Crippen molar-refractivity contribution in [3.63, 3.8) is 0 Å². The number of halogens is 3. The summed E-state index contributed by atoms with van der Waals surface area (Å²) in [6.07, 6.45) is 8.49. The third-order valence-electron chi connectivity index (χ3n) is 3.58. The van der Waals surface area contributed by atoms with Crippen LogP contribution in [-0.4, -0.2) is 8.80 Å². The van der Waals surface area contributed by atoms with E-state index >= 15 is 0 Å². The summed E-state index contributed by atoms with van der Waals surface area (Å²) in [6, 6.07) is 22.5. The SMILES string of the molecule is CC[Si](C)c1ccccc1.[C-]1=C(c2ccccc2)C=CC1.[Cl-].[Cl-].[Cl-].[Ti+4]. The van der Waals surface area contributed by atoms with E-state index in [1.165, 1.54) is 17.2 Å². The van der Waals surface area contributed by atoms with Crippen molar-refractivity contribution in [3.05, 3.63) is 84.5 Å². The van der Waals surface area contributed by atoms with Crippen molar-refractivity contribution in [1.29, 1.82) is 0 Å². The average molecular weight is 445 g/mol. The van der Waals surface area contributed by atoms with E-state index in [2.05, 4.69) is 86.3 Å². The molecule has 0 spiro atoms. The van der Waals surface area contributed by atoms with E-state index in [0.717, 1.165) is 6.42 Å². The smallest absolute Gasteiger partial charge is 1.00 e. The predicted octanol–water partition coefficient (Wildman–Crippen LogP) is -4.12. The van der Waals surface area contributed by atoms with Gasteiger partial charge in [0, 0.05) is 0 Å². The Bertz CT molecular complexity index is 601. The van der Waals surface area contributed by atoms with Crippen LogP contribution < -0.4 is 42.4 Å². The first-order valence-electron chi connectivity index (χ1n) is 7.52. The second-order valence-corrected chi connectivity index (χ2v) is 7.91. The minimum atomic E-state index is -0.207. The van der Waals surface area contributed by atoms with E-state index in [0.29, 0.717) is 0 Å². The monoisotopic (exact) mass is 443 g/mol. The Morgan fingerprint density at radius 3 is 1.84 bits per heavy atom. The van der Waals surface area contributed by atoms with Crippen molar-refractivity contribution >= 4 is 19.6 Å². The van der Waals surface area contributed by atoms with Crippen LogP contribution in [0.15, 0.2) is 72.8 Å². The van der Waals surface area contributed by atoms with Crippen molar-refractivity contribution in [2.24, 2.45) is 0 Å². The van der Waals surface area contributed by atoms with Crippen LogP contribution in [0.4, 0.5) is 0 Å². The molecule has 2 aromatic rings. The molecule has 0 bridgehead atoms. The summed E-state index contributed by atoms with van der Waals surface area (Å²) in [5, 5.41) is 1.55. The molecule has 2 aromatic carbocycles. The summed E-state index contributed by atoms with van der Waals surface area (Å²) >= 11 is 0. The molecule has 5 heteroatoms. The number of benzene rings is 2. The maximum atomic E-state index is 3.28. The average Bonchev–Trinajstić information content (AvgIpc) is 3.11. The van der Waals surface area contributed by atoms with Crippen LogP contribution in [0.25, 0.3) is 5.57 Å².